The number of ether oxygens (including phenoxy) is 2. The number of carbonyl (C=O) groups is 1. The van der Waals surface area contributed by atoms with Gasteiger partial charge in [-0.2, -0.15) is 0 Å². The predicted octanol–water partition coefficient (Wildman–Crippen LogP) is 5.07. The van der Waals surface area contributed by atoms with Gasteiger partial charge in [0.15, 0.2) is 5.71 Å². The second-order valence-electron chi connectivity index (χ2n) is 7.54. The van der Waals surface area contributed by atoms with E-state index in [2.05, 4.69) is 30.8 Å². The molecule has 1 aliphatic carbocycles. The van der Waals surface area contributed by atoms with Crippen molar-refractivity contribution in [2.45, 2.75) is 26.7 Å². The van der Waals surface area contributed by atoms with Gasteiger partial charge < -0.3 is 14.3 Å². The monoisotopic (exact) mass is 429 g/mol. The highest BCUT2D eigenvalue weighted by molar-refractivity contribution is 6.43. The maximum atomic E-state index is 12.3. The van der Waals surface area contributed by atoms with Crippen LogP contribution in [0.3, 0.4) is 0 Å². The zero-order chi connectivity index (χ0) is 22.9. The molecule has 2 aromatic rings. The van der Waals surface area contributed by atoms with E-state index in [1.807, 2.05) is 54.6 Å². The van der Waals surface area contributed by atoms with Crippen LogP contribution in [0.15, 0.2) is 82.0 Å². The smallest absolute Gasteiger partial charge is 0.360 e. The molecular formula is C27H27NO4. The molecule has 5 nitrogen and oxygen atoms in total. The van der Waals surface area contributed by atoms with Crippen LogP contribution >= 0.6 is 0 Å². The van der Waals surface area contributed by atoms with Crippen LogP contribution in [0.5, 0.6) is 5.75 Å². The van der Waals surface area contributed by atoms with Crippen molar-refractivity contribution in [3.8, 4) is 17.6 Å². The summed E-state index contributed by atoms with van der Waals surface area (Å²) in [7, 11) is 2.75. The number of methoxy groups -OCH3 is 1. The number of esters is 1. The van der Waals surface area contributed by atoms with Crippen molar-refractivity contribution in [2.24, 2.45) is 5.16 Å². The van der Waals surface area contributed by atoms with Gasteiger partial charge in [0.2, 0.25) is 0 Å². The fraction of sp³-hybridized carbons (Fsp3) is 0.259. The van der Waals surface area contributed by atoms with Crippen LogP contribution in [-0.4, -0.2) is 32.5 Å². The van der Waals surface area contributed by atoms with Crippen LogP contribution < -0.4 is 4.74 Å². The summed E-state index contributed by atoms with van der Waals surface area (Å²) in [4.78, 5) is 17.2. The van der Waals surface area contributed by atoms with E-state index < -0.39 is 5.97 Å². The maximum absolute atomic E-state index is 12.3. The van der Waals surface area contributed by atoms with E-state index in [1.54, 1.807) is 0 Å². The Kier molecular flexibility index (Phi) is 7.88. The van der Waals surface area contributed by atoms with Gasteiger partial charge in [-0.15, -0.1) is 0 Å². The molecule has 1 aliphatic rings. The van der Waals surface area contributed by atoms with Gasteiger partial charge in [0.25, 0.3) is 0 Å². The average Bonchev–Trinajstić information content (AvgIpc) is 2.82. The summed E-state index contributed by atoms with van der Waals surface area (Å²) in [5.41, 5.74) is 6.25. The Morgan fingerprint density at radius 3 is 2.34 bits per heavy atom. The van der Waals surface area contributed by atoms with Crippen molar-refractivity contribution in [1.82, 2.24) is 0 Å². The Bertz CT molecular complexity index is 1130. The minimum Gasteiger partial charge on any atom is -0.489 e. The zero-order valence-electron chi connectivity index (χ0n) is 18.9. The normalized spacial score (nSPS) is 13.9. The van der Waals surface area contributed by atoms with Crippen molar-refractivity contribution >= 4 is 11.7 Å². The summed E-state index contributed by atoms with van der Waals surface area (Å²) in [6.45, 7) is 4.48. The summed E-state index contributed by atoms with van der Waals surface area (Å²) < 4.78 is 11.0. The molecule has 0 radical (unpaired) electrons. The summed E-state index contributed by atoms with van der Waals surface area (Å²) in [5.74, 6) is 6.52. The number of hydrogen-bond donors (Lipinski definition) is 0. The lowest BCUT2D eigenvalue weighted by Crippen LogP contribution is -2.24. The van der Waals surface area contributed by atoms with E-state index in [-0.39, 0.29) is 5.71 Å². The Morgan fingerprint density at radius 2 is 1.62 bits per heavy atom. The van der Waals surface area contributed by atoms with Crippen LogP contribution in [0.25, 0.3) is 0 Å². The molecule has 0 amide bonds. The van der Waals surface area contributed by atoms with E-state index in [0.717, 1.165) is 22.3 Å². The molecule has 0 spiro atoms. The Labute approximate surface area is 189 Å². The van der Waals surface area contributed by atoms with Crippen molar-refractivity contribution in [2.75, 3.05) is 20.8 Å². The molecule has 0 aromatic heterocycles. The highest BCUT2D eigenvalue weighted by atomic mass is 16.6. The van der Waals surface area contributed by atoms with Gasteiger partial charge in [-0.25, -0.2) is 4.79 Å². The van der Waals surface area contributed by atoms with Crippen LogP contribution in [0, 0.1) is 11.8 Å². The summed E-state index contributed by atoms with van der Waals surface area (Å²) in [6.07, 6.45) is 1.30. The Morgan fingerprint density at radius 1 is 0.938 bits per heavy atom. The summed E-state index contributed by atoms with van der Waals surface area (Å²) >= 11 is 0. The van der Waals surface area contributed by atoms with Crippen molar-refractivity contribution in [3.63, 3.8) is 0 Å². The second kappa shape index (κ2) is 11.0. The standard InChI is InChI=1S/C27H27NO4/c1-19-15-23(25(16-20(19)2)26(28-31-4)27(29)30-3)18-32-24-12-8-11-22(17-24)14-13-21-9-6-5-7-10-21/h5-12,17H,15-16,18H2,1-4H3/b28-26+. The lowest BCUT2D eigenvalue weighted by molar-refractivity contribution is -0.132. The minimum atomic E-state index is -0.523. The van der Waals surface area contributed by atoms with Gasteiger partial charge in [-0.05, 0) is 68.2 Å². The zero-order valence-corrected chi connectivity index (χ0v) is 18.9. The molecule has 164 valence electrons. The lowest BCUT2D eigenvalue weighted by Gasteiger charge is -2.23. The van der Waals surface area contributed by atoms with Crippen molar-refractivity contribution < 1.29 is 19.1 Å². The topological polar surface area (TPSA) is 57.1 Å². The molecule has 32 heavy (non-hydrogen) atoms. The number of benzene rings is 2. The quantitative estimate of drug-likeness (QED) is 0.212. The number of rotatable bonds is 6. The Hall–Kier alpha value is -3.78. The Balaban J connectivity index is 1.82. The van der Waals surface area contributed by atoms with E-state index in [4.69, 9.17) is 14.3 Å². The van der Waals surface area contributed by atoms with Crippen LogP contribution in [-0.2, 0) is 14.4 Å². The third kappa shape index (κ3) is 5.89. The van der Waals surface area contributed by atoms with E-state index in [9.17, 15) is 4.79 Å². The van der Waals surface area contributed by atoms with Gasteiger partial charge in [-0.1, -0.05) is 52.4 Å². The maximum Gasteiger partial charge on any atom is 0.360 e. The lowest BCUT2D eigenvalue weighted by atomic mass is 9.85. The first-order chi connectivity index (χ1) is 15.5. The third-order valence-corrected chi connectivity index (χ3v) is 5.30. The first-order valence-electron chi connectivity index (χ1n) is 10.4. The number of oxime groups is 1. The van der Waals surface area contributed by atoms with E-state index >= 15 is 0 Å². The first kappa shape index (κ1) is 22.9. The van der Waals surface area contributed by atoms with Gasteiger partial charge in [0.05, 0.1) is 7.11 Å². The third-order valence-electron chi connectivity index (χ3n) is 5.30. The molecule has 0 fully saturated rings. The van der Waals surface area contributed by atoms with Crippen LogP contribution in [0.2, 0.25) is 0 Å². The molecule has 0 bridgehead atoms. The fourth-order valence-corrected chi connectivity index (χ4v) is 3.41. The average molecular weight is 430 g/mol. The van der Waals surface area contributed by atoms with Crippen molar-refractivity contribution in [1.29, 1.82) is 0 Å². The molecule has 0 heterocycles. The number of nitrogens with zero attached hydrogens (tertiary/aromatic N) is 1. The second-order valence-corrected chi connectivity index (χ2v) is 7.54. The van der Waals surface area contributed by atoms with Gasteiger partial charge in [-0.3, -0.25) is 0 Å². The SMILES string of the molecule is CO/N=C(/C(=O)OC)C1=C(COc2cccc(C#Cc3ccccc3)c2)CC(C)=C(C)C1. The number of carbonyl (C=O) groups excluding carboxylic acids is 1. The minimum absolute atomic E-state index is 0.183. The van der Waals surface area contributed by atoms with Crippen LogP contribution in [0.4, 0.5) is 0 Å². The van der Waals surface area contributed by atoms with Crippen LogP contribution in [0.1, 0.15) is 37.8 Å². The van der Waals surface area contributed by atoms with E-state index in [0.29, 0.717) is 25.2 Å². The molecular weight excluding hydrogens is 402 g/mol. The molecule has 0 saturated carbocycles. The van der Waals surface area contributed by atoms with Gasteiger partial charge in [0.1, 0.15) is 19.5 Å². The largest absolute Gasteiger partial charge is 0.489 e. The van der Waals surface area contributed by atoms with Gasteiger partial charge in [0, 0.05) is 11.1 Å². The molecule has 0 aliphatic heterocycles. The summed E-state index contributed by atoms with van der Waals surface area (Å²) in [5, 5.41) is 3.94. The number of allylic oxidation sites excluding steroid dienone is 2. The fourth-order valence-electron chi connectivity index (χ4n) is 3.41. The van der Waals surface area contributed by atoms with Gasteiger partial charge >= 0.3 is 5.97 Å². The molecule has 3 rings (SSSR count). The van der Waals surface area contributed by atoms with E-state index in [1.165, 1.54) is 25.4 Å². The molecule has 0 atom stereocenters. The summed E-state index contributed by atoms with van der Waals surface area (Å²) in [6, 6.07) is 17.5. The molecule has 2 aromatic carbocycles. The molecule has 0 saturated heterocycles. The predicted molar refractivity (Wildman–Crippen MR) is 125 cm³/mol. The number of hydrogen-bond acceptors (Lipinski definition) is 5. The highest BCUT2D eigenvalue weighted by Gasteiger charge is 2.26. The molecule has 0 N–H and O–H groups in total. The van der Waals surface area contributed by atoms with Crippen molar-refractivity contribution in [3.05, 3.63) is 88.0 Å². The highest BCUT2D eigenvalue weighted by Crippen LogP contribution is 2.31. The molecule has 5 heteroatoms. The first-order valence-corrected chi connectivity index (χ1v) is 10.4. The molecule has 0 unspecified atom stereocenters.